The molecule has 1 aromatic heterocycles. The monoisotopic (exact) mass is 409 g/mol. The van der Waals surface area contributed by atoms with E-state index in [0.29, 0.717) is 37.6 Å². The van der Waals surface area contributed by atoms with Crippen molar-refractivity contribution in [2.24, 2.45) is 11.8 Å². The molecule has 2 unspecified atom stereocenters. The van der Waals surface area contributed by atoms with Crippen molar-refractivity contribution in [2.75, 3.05) is 18.0 Å². The summed E-state index contributed by atoms with van der Waals surface area (Å²) in [6, 6.07) is 4.06. The lowest BCUT2D eigenvalue weighted by molar-refractivity contribution is -0.138. The number of carboxylic acid groups (broad SMARTS) is 1. The van der Waals surface area contributed by atoms with Crippen LogP contribution in [0.3, 0.4) is 0 Å². The van der Waals surface area contributed by atoms with Gasteiger partial charge in [0.25, 0.3) is 0 Å². The van der Waals surface area contributed by atoms with Gasteiger partial charge in [-0.25, -0.2) is 19.2 Å². The minimum absolute atomic E-state index is 0.0263. The first-order valence-corrected chi connectivity index (χ1v) is 9.32. The van der Waals surface area contributed by atoms with Crippen LogP contribution in [0, 0.1) is 24.6 Å². The lowest BCUT2D eigenvalue weighted by atomic mass is 9.91. The number of hydrogen-bond donors (Lipinski definition) is 1. The van der Waals surface area contributed by atoms with Crippen LogP contribution in [0.25, 0.3) is 0 Å². The molecule has 0 bridgehead atoms. The Kier molecular flexibility index (Phi) is 4.71. The SMILES string of the molecule is Cc1cc(C(=O)O)nc(N2CC3CC(c4cc(F)ccc4C(F)(F)F)C[C@@H]3C2)n1. The molecule has 154 valence electrons. The predicted octanol–water partition coefficient (Wildman–Crippen LogP) is 4.27. The predicted molar refractivity (Wildman–Crippen MR) is 96.3 cm³/mol. The highest BCUT2D eigenvalue weighted by Crippen LogP contribution is 2.49. The highest BCUT2D eigenvalue weighted by molar-refractivity contribution is 5.85. The molecule has 1 aliphatic heterocycles. The third kappa shape index (κ3) is 3.77. The summed E-state index contributed by atoms with van der Waals surface area (Å²) in [5.41, 5.74) is -0.291. The molecule has 2 fully saturated rings. The summed E-state index contributed by atoms with van der Waals surface area (Å²) in [5.74, 6) is -1.57. The maximum Gasteiger partial charge on any atom is 0.416 e. The number of rotatable bonds is 3. The largest absolute Gasteiger partial charge is 0.477 e. The Morgan fingerprint density at radius 3 is 2.38 bits per heavy atom. The van der Waals surface area contributed by atoms with Crippen LogP contribution in [-0.4, -0.2) is 34.1 Å². The molecule has 0 amide bonds. The van der Waals surface area contributed by atoms with Gasteiger partial charge in [-0.1, -0.05) is 0 Å². The minimum atomic E-state index is -4.52. The number of aryl methyl sites for hydroxylation is 1. The molecule has 4 rings (SSSR count). The van der Waals surface area contributed by atoms with Gasteiger partial charge in [-0.05, 0) is 67.3 Å². The normalized spacial score (nSPS) is 24.0. The van der Waals surface area contributed by atoms with Crippen LogP contribution in [0.4, 0.5) is 23.5 Å². The van der Waals surface area contributed by atoms with Crippen LogP contribution in [0.15, 0.2) is 24.3 Å². The van der Waals surface area contributed by atoms with Gasteiger partial charge in [-0.2, -0.15) is 13.2 Å². The first-order valence-electron chi connectivity index (χ1n) is 9.32. The summed E-state index contributed by atoms with van der Waals surface area (Å²) in [4.78, 5) is 21.5. The van der Waals surface area contributed by atoms with Crippen LogP contribution >= 0.6 is 0 Å². The number of benzene rings is 1. The molecule has 29 heavy (non-hydrogen) atoms. The summed E-state index contributed by atoms with van der Waals surface area (Å²) in [5, 5.41) is 9.18. The van der Waals surface area contributed by atoms with Gasteiger partial charge < -0.3 is 10.0 Å². The Bertz CT molecular complexity index is 949. The molecule has 1 saturated heterocycles. The second-order valence-electron chi connectivity index (χ2n) is 7.82. The highest BCUT2D eigenvalue weighted by Gasteiger charge is 2.45. The lowest BCUT2D eigenvalue weighted by Crippen LogP contribution is -2.25. The van der Waals surface area contributed by atoms with E-state index in [9.17, 15) is 27.5 Å². The topological polar surface area (TPSA) is 66.3 Å². The number of halogens is 4. The molecule has 1 aliphatic carbocycles. The van der Waals surface area contributed by atoms with Crippen molar-refractivity contribution >= 4 is 11.9 Å². The van der Waals surface area contributed by atoms with E-state index in [-0.39, 0.29) is 29.0 Å². The van der Waals surface area contributed by atoms with Crippen molar-refractivity contribution in [2.45, 2.75) is 31.9 Å². The van der Waals surface area contributed by atoms with Crippen molar-refractivity contribution in [1.82, 2.24) is 9.97 Å². The summed E-state index contributed by atoms with van der Waals surface area (Å²) in [6.45, 7) is 2.77. The molecule has 2 aliphatic rings. The standard InChI is InChI=1S/C20H19F4N3O2/c1-10-4-17(18(28)29)26-19(25-10)27-8-12-5-11(6-13(12)9-27)15-7-14(21)2-3-16(15)20(22,23)24/h2-4,7,11-13H,5-6,8-9H2,1H3,(H,28,29)/t11?,12-,13?/m1/s1. The molecule has 0 radical (unpaired) electrons. The molecule has 1 aromatic carbocycles. The summed E-state index contributed by atoms with van der Waals surface area (Å²) >= 11 is 0. The van der Waals surface area contributed by atoms with Crippen molar-refractivity contribution in [3.8, 4) is 0 Å². The van der Waals surface area contributed by atoms with Gasteiger partial charge in [0.2, 0.25) is 5.95 Å². The van der Waals surface area contributed by atoms with Crippen LogP contribution in [0.5, 0.6) is 0 Å². The van der Waals surface area contributed by atoms with Gasteiger partial charge >= 0.3 is 12.1 Å². The molecule has 3 atom stereocenters. The Balaban J connectivity index is 1.53. The molecular formula is C20H19F4N3O2. The van der Waals surface area contributed by atoms with Crippen LogP contribution in [0.2, 0.25) is 0 Å². The number of aromatic nitrogens is 2. The van der Waals surface area contributed by atoms with E-state index in [2.05, 4.69) is 9.97 Å². The molecule has 0 spiro atoms. The Morgan fingerprint density at radius 1 is 1.14 bits per heavy atom. The third-order valence-corrected chi connectivity index (χ3v) is 5.85. The molecular weight excluding hydrogens is 390 g/mol. The van der Waals surface area contributed by atoms with E-state index in [1.54, 1.807) is 6.92 Å². The average molecular weight is 409 g/mol. The number of carboxylic acids is 1. The minimum Gasteiger partial charge on any atom is -0.477 e. The molecule has 2 heterocycles. The maximum absolute atomic E-state index is 13.7. The van der Waals surface area contributed by atoms with E-state index in [1.165, 1.54) is 6.07 Å². The number of carbonyl (C=O) groups is 1. The summed E-state index contributed by atoms with van der Waals surface area (Å²) in [6.07, 6.45) is -3.48. The van der Waals surface area contributed by atoms with Crippen molar-refractivity contribution in [3.63, 3.8) is 0 Å². The van der Waals surface area contributed by atoms with E-state index in [0.717, 1.165) is 18.2 Å². The van der Waals surface area contributed by atoms with Gasteiger partial charge in [0.1, 0.15) is 5.82 Å². The lowest BCUT2D eigenvalue weighted by Gasteiger charge is -2.22. The second kappa shape index (κ2) is 6.96. The average Bonchev–Trinajstić information content (AvgIpc) is 3.19. The second-order valence-corrected chi connectivity index (χ2v) is 7.82. The fourth-order valence-corrected chi connectivity index (χ4v) is 4.65. The smallest absolute Gasteiger partial charge is 0.416 e. The van der Waals surface area contributed by atoms with Crippen LogP contribution in [-0.2, 0) is 6.18 Å². The van der Waals surface area contributed by atoms with Gasteiger partial charge in [-0.3, -0.25) is 0 Å². The first kappa shape index (κ1) is 19.6. The molecule has 1 N–H and O–H groups in total. The van der Waals surface area contributed by atoms with Crippen molar-refractivity contribution < 1.29 is 27.5 Å². The molecule has 9 heteroatoms. The first-order chi connectivity index (χ1) is 13.6. The number of fused-ring (bicyclic) bond motifs is 1. The summed E-state index contributed by atoms with van der Waals surface area (Å²) < 4.78 is 53.7. The van der Waals surface area contributed by atoms with Crippen LogP contribution in [0.1, 0.15) is 46.1 Å². The van der Waals surface area contributed by atoms with E-state index in [4.69, 9.17) is 0 Å². The number of anilines is 1. The van der Waals surface area contributed by atoms with Gasteiger partial charge in [-0.15, -0.1) is 0 Å². The molecule has 5 nitrogen and oxygen atoms in total. The Morgan fingerprint density at radius 2 is 1.79 bits per heavy atom. The highest BCUT2D eigenvalue weighted by atomic mass is 19.4. The fourth-order valence-electron chi connectivity index (χ4n) is 4.65. The fraction of sp³-hybridized carbons (Fsp3) is 0.450. The zero-order valence-corrected chi connectivity index (χ0v) is 15.6. The van der Waals surface area contributed by atoms with Crippen molar-refractivity contribution in [3.05, 3.63) is 52.6 Å². The third-order valence-electron chi connectivity index (χ3n) is 5.85. The molecule has 1 saturated carbocycles. The maximum atomic E-state index is 13.7. The number of alkyl halides is 3. The Labute approximate surface area is 164 Å². The van der Waals surface area contributed by atoms with Gasteiger partial charge in [0.15, 0.2) is 5.69 Å². The van der Waals surface area contributed by atoms with Gasteiger partial charge in [0.05, 0.1) is 5.56 Å². The Hall–Kier alpha value is -2.71. The van der Waals surface area contributed by atoms with Crippen LogP contribution < -0.4 is 4.90 Å². The zero-order chi connectivity index (χ0) is 20.9. The van der Waals surface area contributed by atoms with E-state index < -0.39 is 23.5 Å². The number of hydrogen-bond acceptors (Lipinski definition) is 4. The van der Waals surface area contributed by atoms with E-state index in [1.807, 2.05) is 4.90 Å². The number of aromatic carboxylic acids is 1. The summed E-state index contributed by atoms with van der Waals surface area (Å²) in [7, 11) is 0. The van der Waals surface area contributed by atoms with Crippen molar-refractivity contribution in [1.29, 1.82) is 0 Å². The zero-order valence-electron chi connectivity index (χ0n) is 15.6. The van der Waals surface area contributed by atoms with E-state index >= 15 is 0 Å². The quantitative estimate of drug-likeness (QED) is 0.767. The van der Waals surface area contributed by atoms with Gasteiger partial charge in [0, 0.05) is 18.8 Å². The molecule has 2 aromatic rings. The number of nitrogens with zero attached hydrogens (tertiary/aromatic N) is 3.